The minimum absolute atomic E-state index is 0.00477. The van der Waals surface area contributed by atoms with Gasteiger partial charge < -0.3 is 25.0 Å². The van der Waals surface area contributed by atoms with E-state index in [-0.39, 0.29) is 25.0 Å². The van der Waals surface area contributed by atoms with Gasteiger partial charge in [0.05, 0.1) is 13.7 Å². The molecule has 1 heterocycles. The molecule has 7 heteroatoms. The molecule has 1 fully saturated rings. The third-order valence-corrected chi connectivity index (χ3v) is 3.56. The monoisotopic (exact) mass is 321 g/mol. The predicted octanol–water partition coefficient (Wildman–Crippen LogP) is 0.0121. The van der Waals surface area contributed by atoms with Crippen molar-refractivity contribution in [3.8, 4) is 11.5 Å². The van der Waals surface area contributed by atoms with Gasteiger partial charge in [-0.3, -0.25) is 9.59 Å². The third kappa shape index (κ3) is 5.78. The van der Waals surface area contributed by atoms with Crippen molar-refractivity contribution < 1.29 is 19.1 Å². The first-order valence-corrected chi connectivity index (χ1v) is 7.71. The molecule has 0 atom stereocenters. The maximum atomic E-state index is 12.0. The number of methoxy groups -OCH3 is 1. The number of hydrogen-bond donors (Lipinski definition) is 2. The summed E-state index contributed by atoms with van der Waals surface area (Å²) in [4.78, 5) is 25.5. The van der Waals surface area contributed by atoms with Crippen LogP contribution >= 0.6 is 0 Å². The number of amides is 2. The Morgan fingerprint density at radius 2 is 1.91 bits per heavy atom. The number of carbonyl (C=O) groups excluding carboxylic acids is 2. The molecule has 7 nitrogen and oxygen atoms in total. The fraction of sp³-hybridized carbons (Fsp3) is 0.500. The zero-order valence-electron chi connectivity index (χ0n) is 13.3. The molecule has 0 aliphatic carbocycles. The van der Waals surface area contributed by atoms with E-state index in [0.717, 1.165) is 31.8 Å². The van der Waals surface area contributed by atoms with Crippen LogP contribution in [0, 0.1) is 0 Å². The van der Waals surface area contributed by atoms with Crippen molar-refractivity contribution in [1.29, 1.82) is 0 Å². The molecule has 2 N–H and O–H groups in total. The van der Waals surface area contributed by atoms with Gasteiger partial charge in [0.2, 0.25) is 5.91 Å². The molecular formula is C16H23N3O4. The molecule has 0 bridgehead atoms. The van der Waals surface area contributed by atoms with Crippen LogP contribution in [0.3, 0.4) is 0 Å². The third-order valence-electron chi connectivity index (χ3n) is 3.56. The van der Waals surface area contributed by atoms with Crippen LogP contribution in [-0.4, -0.2) is 63.2 Å². The Morgan fingerprint density at radius 1 is 1.17 bits per heavy atom. The number of nitrogens with one attached hydrogen (secondary N) is 2. The smallest absolute Gasteiger partial charge is 0.258 e. The van der Waals surface area contributed by atoms with E-state index in [0.29, 0.717) is 12.3 Å². The molecule has 2 amide bonds. The number of ether oxygens (including phenoxy) is 2. The van der Waals surface area contributed by atoms with Gasteiger partial charge in [-0.2, -0.15) is 0 Å². The largest absolute Gasteiger partial charge is 0.497 e. The summed E-state index contributed by atoms with van der Waals surface area (Å²) in [6.07, 6.45) is 0.931. The van der Waals surface area contributed by atoms with Gasteiger partial charge in [0.25, 0.3) is 5.91 Å². The highest BCUT2D eigenvalue weighted by Gasteiger charge is 2.15. The quantitative estimate of drug-likeness (QED) is 0.772. The molecule has 1 saturated heterocycles. The summed E-state index contributed by atoms with van der Waals surface area (Å²) < 4.78 is 10.4. The van der Waals surface area contributed by atoms with Crippen LogP contribution < -0.4 is 20.1 Å². The molecular weight excluding hydrogens is 298 g/mol. The van der Waals surface area contributed by atoms with Crippen molar-refractivity contribution in [2.75, 3.05) is 46.4 Å². The van der Waals surface area contributed by atoms with Gasteiger partial charge in [0.1, 0.15) is 11.5 Å². The molecule has 126 valence electrons. The summed E-state index contributed by atoms with van der Waals surface area (Å²) in [5, 5.41) is 5.83. The Bertz CT molecular complexity index is 511. The molecule has 1 aromatic carbocycles. The predicted molar refractivity (Wildman–Crippen MR) is 85.6 cm³/mol. The Labute approximate surface area is 135 Å². The normalized spacial score (nSPS) is 14.7. The maximum absolute atomic E-state index is 12.0. The first kappa shape index (κ1) is 17.1. The molecule has 23 heavy (non-hydrogen) atoms. The van der Waals surface area contributed by atoms with E-state index in [2.05, 4.69) is 10.6 Å². The van der Waals surface area contributed by atoms with Crippen molar-refractivity contribution in [3.05, 3.63) is 24.3 Å². The Balaban J connectivity index is 1.68. The van der Waals surface area contributed by atoms with Crippen LogP contribution in [0.2, 0.25) is 0 Å². The molecule has 0 radical (unpaired) electrons. The van der Waals surface area contributed by atoms with Crippen LogP contribution in [-0.2, 0) is 9.59 Å². The van der Waals surface area contributed by atoms with Crippen molar-refractivity contribution in [2.24, 2.45) is 0 Å². The van der Waals surface area contributed by atoms with Crippen LogP contribution in [0.4, 0.5) is 0 Å². The highest BCUT2D eigenvalue weighted by molar-refractivity contribution is 5.85. The summed E-state index contributed by atoms with van der Waals surface area (Å²) in [5.41, 5.74) is 0. The molecule has 2 rings (SSSR count). The van der Waals surface area contributed by atoms with Crippen molar-refractivity contribution in [2.45, 2.75) is 6.42 Å². The fourth-order valence-corrected chi connectivity index (χ4v) is 2.25. The lowest BCUT2D eigenvalue weighted by Crippen LogP contribution is -2.42. The zero-order chi connectivity index (χ0) is 16.5. The average molecular weight is 321 g/mol. The highest BCUT2D eigenvalue weighted by atomic mass is 16.5. The topological polar surface area (TPSA) is 79.9 Å². The second kappa shape index (κ2) is 8.99. The van der Waals surface area contributed by atoms with E-state index >= 15 is 0 Å². The van der Waals surface area contributed by atoms with E-state index in [4.69, 9.17) is 9.47 Å². The standard InChI is InChI=1S/C16H23N3O4/c1-22-13-3-5-14(6-4-13)23-12-15(20)18-11-16(21)19-9-2-7-17-8-10-19/h3-6,17H,2,7-12H2,1H3,(H,18,20). The summed E-state index contributed by atoms with van der Waals surface area (Å²) in [6, 6.07) is 6.96. The van der Waals surface area contributed by atoms with Gasteiger partial charge in [-0.15, -0.1) is 0 Å². The first-order valence-electron chi connectivity index (χ1n) is 7.71. The van der Waals surface area contributed by atoms with Crippen LogP contribution in [0.5, 0.6) is 11.5 Å². The van der Waals surface area contributed by atoms with Crippen molar-refractivity contribution in [3.63, 3.8) is 0 Å². The Kier molecular flexibility index (Phi) is 6.68. The fourth-order valence-electron chi connectivity index (χ4n) is 2.25. The molecule has 0 spiro atoms. The maximum Gasteiger partial charge on any atom is 0.258 e. The van der Waals surface area contributed by atoms with E-state index in [1.165, 1.54) is 0 Å². The van der Waals surface area contributed by atoms with E-state index in [1.54, 1.807) is 36.3 Å². The van der Waals surface area contributed by atoms with Gasteiger partial charge in [-0.25, -0.2) is 0 Å². The molecule has 0 unspecified atom stereocenters. The van der Waals surface area contributed by atoms with Gasteiger partial charge in [0, 0.05) is 19.6 Å². The van der Waals surface area contributed by atoms with Crippen molar-refractivity contribution >= 4 is 11.8 Å². The van der Waals surface area contributed by atoms with Gasteiger partial charge in [-0.1, -0.05) is 0 Å². The SMILES string of the molecule is COc1ccc(OCC(=O)NCC(=O)N2CCCNCC2)cc1. The lowest BCUT2D eigenvalue weighted by molar-refractivity contribution is -0.133. The summed E-state index contributed by atoms with van der Waals surface area (Å²) in [5.74, 6) is 0.916. The first-order chi connectivity index (χ1) is 11.2. The lowest BCUT2D eigenvalue weighted by atomic mass is 10.3. The number of nitrogens with zero attached hydrogens (tertiary/aromatic N) is 1. The van der Waals surface area contributed by atoms with E-state index < -0.39 is 0 Å². The number of hydrogen-bond acceptors (Lipinski definition) is 5. The molecule has 1 aliphatic heterocycles. The summed E-state index contributed by atoms with van der Waals surface area (Å²) in [7, 11) is 1.58. The summed E-state index contributed by atoms with van der Waals surface area (Å²) in [6.45, 7) is 3.00. The van der Waals surface area contributed by atoms with Crippen LogP contribution in [0.1, 0.15) is 6.42 Å². The molecule has 1 aromatic rings. The average Bonchev–Trinajstić information content (AvgIpc) is 2.87. The lowest BCUT2D eigenvalue weighted by Gasteiger charge is -2.20. The van der Waals surface area contributed by atoms with Crippen LogP contribution in [0.25, 0.3) is 0 Å². The second-order valence-corrected chi connectivity index (χ2v) is 5.23. The van der Waals surface area contributed by atoms with Gasteiger partial charge in [-0.05, 0) is 37.2 Å². The minimum Gasteiger partial charge on any atom is -0.497 e. The number of benzene rings is 1. The van der Waals surface area contributed by atoms with Crippen molar-refractivity contribution in [1.82, 2.24) is 15.5 Å². The highest BCUT2D eigenvalue weighted by Crippen LogP contribution is 2.16. The molecule has 0 aromatic heterocycles. The Hall–Kier alpha value is -2.28. The molecule has 1 aliphatic rings. The number of carbonyl (C=O) groups is 2. The number of rotatable bonds is 6. The zero-order valence-corrected chi connectivity index (χ0v) is 13.3. The minimum atomic E-state index is -0.317. The van der Waals surface area contributed by atoms with E-state index in [1.807, 2.05) is 0 Å². The van der Waals surface area contributed by atoms with Gasteiger partial charge in [0.15, 0.2) is 6.61 Å². The van der Waals surface area contributed by atoms with E-state index in [9.17, 15) is 9.59 Å². The molecule has 0 saturated carbocycles. The van der Waals surface area contributed by atoms with Crippen LogP contribution in [0.15, 0.2) is 24.3 Å². The second-order valence-electron chi connectivity index (χ2n) is 5.23. The van der Waals surface area contributed by atoms with Gasteiger partial charge >= 0.3 is 0 Å². The summed E-state index contributed by atoms with van der Waals surface area (Å²) >= 11 is 0. The Morgan fingerprint density at radius 3 is 2.65 bits per heavy atom.